The first kappa shape index (κ1) is 20.1. The normalized spacial score (nSPS) is 23.9. The van der Waals surface area contributed by atoms with Crippen molar-refractivity contribution in [2.24, 2.45) is 11.8 Å². The van der Waals surface area contributed by atoms with Gasteiger partial charge in [-0.25, -0.2) is 0 Å². The fraction of sp³-hybridized carbons (Fsp3) is 0.667. The van der Waals surface area contributed by atoms with Crippen LogP contribution in [0.4, 0.5) is 0 Å². The second-order valence-electron chi connectivity index (χ2n) is 8.56. The Kier molecular flexibility index (Phi) is 6.30. The second kappa shape index (κ2) is 9.09. The molecule has 1 aliphatic carbocycles. The van der Waals surface area contributed by atoms with E-state index in [0.717, 1.165) is 38.4 Å². The number of pyridine rings is 1. The molecule has 0 bridgehead atoms. The van der Waals surface area contributed by atoms with Crippen molar-refractivity contribution in [3.63, 3.8) is 0 Å². The van der Waals surface area contributed by atoms with E-state index in [4.69, 9.17) is 4.74 Å². The molecule has 1 atom stereocenters. The van der Waals surface area contributed by atoms with Gasteiger partial charge in [0.05, 0.1) is 6.10 Å². The highest BCUT2D eigenvalue weighted by Crippen LogP contribution is 2.31. The monoisotopic (exact) mass is 402 g/mol. The van der Waals surface area contributed by atoms with E-state index < -0.39 is 0 Å². The molecular formula is C21H30N4O4. The molecule has 2 amide bonds. The van der Waals surface area contributed by atoms with Gasteiger partial charge in [0.25, 0.3) is 5.91 Å². The van der Waals surface area contributed by atoms with Crippen LogP contribution in [0.5, 0.6) is 0 Å². The number of aromatic amines is 1. The molecule has 2 saturated heterocycles. The topological polar surface area (TPSA) is 94.7 Å². The molecule has 158 valence electrons. The minimum Gasteiger partial charge on any atom is -0.365 e. The number of ether oxygens (including phenoxy) is 1. The molecule has 1 aromatic heterocycles. The van der Waals surface area contributed by atoms with E-state index in [1.807, 2.05) is 4.90 Å². The van der Waals surface area contributed by atoms with Crippen molar-refractivity contribution < 1.29 is 14.3 Å². The second-order valence-corrected chi connectivity index (χ2v) is 8.56. The van der Waals surface area contributed by atoms with Crippen LogP contribution in [-0.2, 0) is 9.53 Å². The van der Waals surface area contributed by atoms with E-state index in [1.165, 1.54) is 25.5 Å². The molecule has 29 heavy (non-hydrogen) atoms. The number of morpholine rings is 1. The van der Waals surface area contributed by atoms with Crippen LogP contribution in [0.15, 0.2) is 23.0 Å². The van der Waals surface area contributed by atoms with Crippen LogP contribution in [0.25, 0.3) is 0 Å². The number of aromatic nitrogens is 1. The highest BCUT2D eigenvalue weighted by atomic mass is 16.5. The van der Waals surface area contributed by atoms with Crippen LogP contribution < -0.4 is 10.9 Å². The van der Waals surface area contributed by atoms with Crippen molar-refractivity contribution in [2.45, 2.75) is 31.8 Å². The van der Waals surface area contributed by atoms with Gasteiger partial charge in [0.2, 0.25) is 11.5 Å². The quantitative estimate of drug-likeness (QED) is 0.691. The van der Waals surface area contributed by atoms with E-state index in [2.05, 4.69) is 15.2 Å². The van der Waals surface area contributed by atoms with Gasteiger partial charge >= 0.3 is 0 Å². The Hall–Kier alpha value is -2.19. The van der Waals surface area contributed by atoms with Gasteiger partial charge in [0.15, 0.2) is 0 Å². The lowest BCUT2D eigenvalue weighted by Crippen LogP contribution is -2.52. The Morgan fingerprint density at radius 3 is 2.59 bits per heavy atom. The molecule has 4 rings (SSSR count). The van der Waals surface area contributed by atoms with Crippen LogP contribution in [-0.4, -0.2) is 78.6 Å². The molecule has 0 unspecified atom stereocenters. The zero-order chi connectivity index (χ0) is 20.2. The lowest BCUT2D eigenvalue weighted by atomic mass is 9.95. The van der Waals surface area contributed by atoms with Crippen molar-refractivity contribution in [1.82, 2.24) is 20.1 Å². The summed E-state index contributed by atoms with van der Waals surface area (Å²) in [5.74, 6) is 1.15. The average molecular weight is 402 g/mol. The fourth-order valence-electron chi connectivity index (χ4n) is 4.19. The number of hydrogen-bond donors (Lipinski definition) is 2. The SMILES string of the molecule is O=C(NC[C@H]1CN(CC2CCN(CC3CC3)CC2)C(=O)CO1)c1cccc(=O)[nH]1. The zero-order valence-corrected chi connectivity index (χ0v) is 16.8. The maximum atomic E-state index is 12.3. The van der Waals surface area contributed by atoms with Crippen molar-refractivity contribution >= 4 is 11.8 Å². The van der Waals surface area contributed by atoms with Crippen LogP contribution in [0.1, 0.15) is 36.2 Å². The molecule has 8 nitrogen and oxygen atoms in total. The van der Waals surface area contributed by atoms with Gasteiger partial charge in [-0.15, -0.1) is 0 Å². The van der Waals surface area contributed by atoms with Crippen LogP contribution >= 0.6 is 0 Å². The van der Waals surface area contributed by atoms with Gasteiger partial charge in [-0.2, -0.15) is 0 Å². The molecule has 0 spiro atoms. The van der Waals surface area contributed by atoms with E-state index in [1.54, 1.807) is 12.1 Å². The van der Waals surface area contributed by atoms with Crippen molar-refractivity contribution in [3.05, 3.63) is 34.2 Å². The maximum Gasteiger partial charge on any atom is 0.267 e. The number of nitrogens with zero attached hydrogens (tertiary/aromatic N) is 2. The first-order valence-corrected chi connectivity index (χ1v) is 10.7. The molecule has 8 heteroatoms. The summed E-state index contributed by atoms with van der Waals surface area (Å²) in [5, 5.41) is 2.79. The molecule has 3 fully saturated rings. The molecule has 0 aromatic carbocycles. The Bertz CT molecular complexity index is 783. The van der Waals surface area contributed by atoms with E-state index in [0.29, 0.717) is 19.0 Å². The minimum atomic E-state index is -0.349. The van der Waals surface area contributed by atoms with E-state index in [9.17, 15) is 14.4 Å². The highest BCUT2D eigenvalue weighted by Gasteiger charge is 2.31. The Morgan fingerprint density at radius 1 is 1.10 bits per heavy atom. The number of rotatable bonds is 7. The lowest BCUT2D eigenvalue weighted by Gasteiger charge is -2.38. The standard InChI is InChI=1S/C21H30N4O4/c26-19-3-1-2-18(23-19)21(28)22-10-17-13-25(20(27)14-29-17)12-16-6-8-24(9-7-16)11-15-4-5-15/h1-3,15-17H,4-14H2,(H,22,28)(H,23,26)/t17-/m0/s1. The summed E-state index contributed by atoms with van der Waals surface area (Å²) in [6.45, 7) is 5.14. The summed E-state index contributed by atoms with van der Waals surface area (Å²) < 4.78 is 5.60. The van der Waals surface area contributed by atoms with Gasteiger partial charge in [-0.05, 0) is 56.7 Å². The average Bonchev–Trinajstić information content (AvgIpc) is 3.54. The third-order valence-electron chi connectivity index (χ3n) is 6.12. The number of H-pyrrole nitrogens is 1. The van der Waals surface area contributed by atoms with Gasteiger partial charge in [-0.3, -0.25) is 14.4 Å². The molecule has 2 aliphatic heterocycles. The summed E-state index contributed by atoms with van der Waals surface area (Å²) in [6, 6.07) is 4.46. The number of carbonyl (C=O) groups is 2. The lowest BCUT2D eigenvalue weighted by molar-refractivity contribution is -0.149. The van der Waals surface area contributed by atoms with Crippen molar-refractivity contribution in [2.75, 3.05) is 45.9 Å². The fourth-order valence-corrected chi connectivity index (χ4v) is 4.19. The molecule has 2 N–H and O–H groups in total. The molecular weight excluding hydrogens is 372 g/mol. The number of amides is 2. The number of nitrogens with one attached hydrogen (secondary N) is 2. The van der Waals surface area contributed by atoms with E-state index in [-0.39, 0.29) is 35.8 Å². The highest BCUT2D eigenvalue weighted by molar-refractivity contribution is 5.92. The third kappa shape index (κ3) is 5.67. The Balaban J connectivity index is 1.22. The predicted molar refractivity (Wildman–Crippen MR) is 108 cm³/mol. The van der Waals surface area contributed by atoms with Crippen molar-refractivity contribution in [3.8, 4) is 0 Å². The zero-order valence-electron chi connectivity index (χ0n) is 16.8. The first-order chi connectivity index (χ1) is 14.1. The van der Waals surface area contributed by atoms with Gasteiger partial charge in [-0.1, -0.05) is 6.07 Å². The van der Waals surface area contributed by atoms with Gasteiger partial charge < -0.3 is 24.8 Å². The summed E-state index contributed by atoms with van der Waals surface area (Å²) in [5.41, 5.74) is -0.0919. The van der Waals surface area contributed by atoms with E-state index >= 15 is 0 Å². The number of hydrogen-bond acceptors (Lipinski definition) is 5. The van der Waals surface area contributed by atoms with Gasteiger partial charge in [0, 0.05) is 32.2 Å². The smallest absolute Gasteiger partial charge is 0.267 e. The van der Waals surface area contributed by atoms with Crippen LogP contribution in [0, 0.1) is 11.8 Å². The number of likely N-dealkylation sites (tertiary alicyclic amines) is 1. The molecule has 3 aliphatic rings. The molecule has 3 heterocycles. The number of carbonyl (C=O) groups excluding carboxylic acids is 2. The summed E-state index contributed by atoms with van der Waals surface area (Å²) in [7, 11) is 0. The molecule has 1 aromatic rings. The summed E-state index contributed by atoms with van der Waals surface area (Å²) in [6.07, 6.45) is 4.82. The summed E-state index contributed by atoms with van der Waals surface area (Å²) in [4.78, 5) is 42.8. The summed E-state index contributed by atoms with van der Waals surface area (Å²) >= 11 is 0. The Morgan fingerprint density at radius 2 is 1.86 bits per heavy atom. The van der Waals surface area contributed by atoms with Gasteiger partial charge in [0.1, 0.15) is 12.3 Å². The maximum absolute atomic E-state index is 12.3. The first-order valence-electron chi connectivity index (χ1n) is 10.7. The van der Waals surface area contributed by atoms with Crippen LogP contribution in [0.3, 0.4) is 0 Å². The Labute approximate surface area is 170 Å². The third-order valence-corrected chi connectivity index (χ3v) is 6.12. The van der Waals surface area contributed by atoms with Crippen LogP contribution in [0.2, 0.25) is 0 Å². The molecule has 1 saturated carbocycles. The predicted octanol–water partition coefficient (Wildman–Crippen LogP) is 0.454. The van der Waals surface area contributed by atoms with Crippen molar-refractivity contribution in [1.29, 1.82) is 0 Å². The number of piperidine rings is 1. The largest absolute Gasteiger partial charge is 0.365 e. The molecule has 0 radical (unpaired) electrons. The minimum absolute atomic E-state index is 0.0281.